The SMILES string of the molecule is Cc1ccc(/C=C2/CCCNCC2)cc1. The number of hydrogen-bond acceptors (Lipinski definition) is 1. The molecule has 0 unspecified atom stereocenters. The van der Waals surface area contributed by atoms with Crippen molar-refractivity contribution in [2.45, 2.75) is 26.2 Å². The Hall–Kier alpha value is -1.08. The van der Waals surface area contributed by atoms with Crippen LogP contribution in [0.1, 0.15) is 30.4 Å². The van der Waals surface area contributed by atoms with Gasteiger partial charge in [0.15, 0.2) is 0 Å². The predicted octanol–water partition coefficient (Wildman–Crippen LogP) is 3.15. The van der Waals surface area contributed by atoms with Gasteiger partial charge in [-0.1, -0.05) is 41.5 Å². The van der Waals surface area contributed by atoms with Gasteiger partial charge in [0.1, 0.15) is 0 Å². The van der Waals surface area contributed by atoms with Gasteiger partial charge in [-0.2, -0.15) is 0 Å². The van der Waals surface area contributed by atoms with Crippen LogP contribution in [0.4, 0.5) is 0 Å². The summed E-state index contributed by atoms with van der Waals surface area (Å²) in [6, 6.07) is 8.78. The minimum atomic E-state index is 1.14. The molecule has 1 N–H and O–H groups in total. The summed E-state index contributed by atoms with van der Waals surface area (Å²) >= 11 is 0. The zero-order valence-electron chi connectivity index (χ0n) is 9.42. The quantitative estimate of drug-likeness (QED) is 0.736. The topological polar surface area (TPSA) is 12.0 Å². The van der Waals surface area contributed by atoms with Gasteiger partial charge in [-0.05, 0) is 44.8 Å². The molecule has 0 radical (unpaired) electrons. The van der Waals surface area contributed by atoms with Gasteiger partial charge in [0.2, 0.25) is 0 Å². The normalized spacial score (nSPS) is 20.2. The van der Waals surface area contributed by atoms with E-state index in [1.54, 1.807) is 5.57 Å². The standard InChI is InChI=1S/C14H19N/c1-12-4-6-14(7-5-12)11-13-3-2-9-15-10-8-13/h4-7,11,15H,2-3,8-10H2,1H3/b13-11-. The van der Waals surface area contributed by atoms with E-state index in [1.807, 2.05) is 0 Å². The third-order valence-corrected chi connectivity index (χ3v) is 2.92. The van der Waals surface area contributed by atoms with E-state index in [-0.39, 0.29) is 0 Å². The zero-order valence-corrected chi connectivity index (χ0v) is 9.42. The molecule has 0 spiro atoms. The number of hydrogen-bond donors (Lipinski definition) is 1. The first-order valence-electron chi connectivity index (χ1n) is 5.81. The summed E-state index contributed by atoms with van der Waals surface area (Å²) in [5.74, 6) is 0. The lowest BCUT2D eigenvalue weighted by Crippen LogP contribution is -2.13. The van der Waals surface area contributed by atoms with Gasteiger partial charge in [-0.15, -0.1) is 0 Å². The fourth-order valence-corrected chi connectivity index (χ4v) is 1.98. The van der Waals surface area contributed by atoms with Crippen LogP contribution >= 0.6 is 0 Å². The van der Waals surface area contributed by atoms with Crippen molar-refractivity contribution in [2.24, 2.45) is 0 Å². The molecule has 2 rings (SSSR count). The highest BCUT2D eigenvalue weighted by molar-refractivity contribution is 5.53. The van der Waals surface area contributed by atoms with Gasteiger partial charge >= 0.3 is 0 Å². The van der Waals surface area contributed by atoms with E-state index in [0.717, 1.165) is 6.54 Å². The molecule has 0 aromatic heterocycles. The van der Waals surface area contributed by atoms with Gasteiger partial charge < -0.3 is 5.32 Å². The highest BCUT2D eigenvalue weighted by atomic mass is 14.8. The lowest BCUT2D eigenvalue weighted by Gasteiger charge is -2.02. The summed E-state index contributed by atoms with van der Waals surface area (Å²) in [6.07, 6.45) is 6.08. The van der Waals surface area contributed by atoms with Crippen molar-refractivity contribution in [3.8, 4) is 0 Å². The molecule has 1 nitrogen and oxygen atoms in total. The van der Waals surface area contributed by atoms with E-state index in [2.05, 4.69) is 42.6 Å². The minimum Gasteiger partial charge on any atom is -0.316 e. The molecule has 1 aliphatic rings. The molecular formula is C14H19N. The molecule has 80 valence electrons. The van der Waals surface area contributed by atoms with Crippen LogP contribution in [0.15, 0.2) is 29.8 Å². The molecule has 1 fully saturated rings. The summed E-state index contributed by atoms with van der Waals surface area (Å²) in [4.78, 5) is 0. The first-order chi connectivity index (χ1) is 7.34. The van der Waals surface area contributed by atoms with Crippen LogP contribution in [-0.4, -0.2) is 13.1 Å². The van der Waals surface area contributed by atoms with Crippen LogP contribution in [0.3, 0.4) is 0 Å². The summed E-state index contributed by atoms with van der Waals surface area (Å²) in [5.41, 5.74) is 4.26. The molecule has 1 heterocycles. The number of benzene rings is 1. The second-order valence-electron chi connectivity index (χ2n) is 4.32. The van der Waals surface area contributed by atoms with Crippen molar-refractivity contribution in [1.29, 1.82) is 0 Å². The highest BCUT2D eigenvalue weighted by Crippen LogP contribution is 2.16. The van der Waals surface area contributed by atoms with E-state index in [9.17, 15) is 0 Å². The van der Waals surface area contributed by atoms with E-state index in [0.29, 0.717) is 0 Å². The van der Waals surface area contributed by atoms with Crippen molar-refractivity contribution < 1.29 is 0 Å². The first kappa shape index (κ1) is 10.4. The number of aryl methyl sites for hydroxylation is 1. The van der Waals surface area contributed by atoms with Crippen molar-refractivity contribution in [2.75, 3.05) is 13.1 Å². The molecule has 0 atom stereocenters. The molecule has 1 heteroatoms. The van der Waals surface area contributed by atoms with Crippen LogP contribution in [0.2, 0.25) is 0 Å². The fourth-order valence-electron chi connectivity index (χ4n) is 1.98. The third kappa shape index (κ3) is 3.21. The Kier molecular flexibility index (Phi) is 3.57. The largest absolute Gasteiger partial charge is 0.316 e. The second-order valence-corrected chi connectivity index (χ2v) is 4.32. The predicted molar refractivity (Wildman–Crippen MR) is 65.9 cm³/mol. The Balaban J connectivity index is 2.10. The lowest BCUT2D eigenvalue weighted by molar-refractivity contribution is 0.703. The molecule has 0 saturated carbocycles. The van der Waals surface area contributed by atoms with Crippen LogP contribution in [0, 0.1) is 6.92 Å². The fraction of sp³-hybridized carbons (Fsp3) is 0.429. The third-order valence-electron chi connectivity index (χ3n) is 2.92. The Morgan fingerprint density at radius 1 is 1.07 bits per heavy atom. The van der Waals surface area contributed by atoms with Gasteiger partial charge in [0.05, 0.1) is 0 Å². The highest BCUT2D eigenvalue weighted by Gasteiger charge is 2.03. The van der Waals surface area contributed by atoms with E-state index in [1.165, 1.54) is 36.9 Å². The average molecular weight is 201 g/mol. The second kappa shape index (κ2) is 5.13. The molecule has 1 aliphatic heterocycles. The summed E-state index contributed by atoms with van der Waals surface area (Å²) in [6.45, 7) is 4.44. The van der Waals surface area contributed by atoms with Crippen molar-refractivity contribution in [3.63, 3.8) is 0 Å². The van der Waals surface area contributed by atoms with Gasteiger partial charge in [0.25, 0.3) is 0 Å². The summed E-state index contributed by atoms with van der Waals surface area (Å²) < 4.78 is 0. The number of rotatable bonds is 1. The average Bonchev–Trinajstić information content (AvgIpc) is 2.50. The molecule has 0 bridgehead atoms. The molecular weight excluding hydrogens is 182 g/mol. The van der Waals surface area contributed by atoms with Crippen molar-refractivity contribution >= 4 is 6.08 Å². The van der Waals surface area contributed by atoms with Crippen molar-refractivity contribution in [3.05, 3.63) is 41.0 Å². The molecule has 0 aliphatic carbocycles. The zero-order chi connectivity index (χ0) is 10.5. The Morgan fingerprint density at radius 2 is 1.87 bits per heavy atom. The van der Waals surface area contributed by atoms with Crippen LogP contribution in [-0.2, 0) is 0 Å². The van der Waals surface area contributed by atoms with E-state index in [4.69, 9.17) is 0 Å². The van der Waals surface area contributed by atoms with E-state index < -0.39 is 0 Å². The van der Waals surface area contributed by atoms with Crippen LogP contribution in [0.5, 0.6) is 0 Å². The molecule has 1 aromatic rings. The summed E-state index contributed by atoms with van der Waals surface area (Å²) in [7, 11) is 0. The molecule has 1 saturated heterocycles. The van der Waals surface area contributed by atoms with Gasteiger partial charge in [0, 0.05) is 0 Å². The molecule has 15 heavy (non-hydrogen) atoms. The van der Waals surface area contributed by atoms with Crippen LogP contribution in [0.25, 0.3) is 6.08 Å². The van der Waals surface area contributed by atoms with E-state index >= 15 is 0 Å². The lowest BCUT2D eigenvalue weighted by atomic mass is 10.0. The smallest absolute Gasteiger partial charge is 0.00115 e. The molecule has 0 amide bonds. The Labute approximate surface area is 92.2 Å². The maximum absolute atomic E-state index is 3.43. The first-order valence-corrected chi connectivity index (χ1v) is 5.81. The number of nitrogens with one attached hydrogen (secondary N) is 1. The maximum Gasteiger partial charge on any atom is -0.00115 e. The van der Waals surface area contributed by atoms with Gasteiger partial charge in [-0.3, -0.25) is 0 Å². The molecule has 1 aromatic carbocycles. The van der Waals surface area contributed by atoms with Gasteiger partial charge in [-0.25, -0.2) is 0 Å². The Morgan fingerprint density at radius 3 is 2.67 bits per heavy atom. The maximum atomic E-state index is 3.43. The summed E-state index contributed by atoms with van der Waals surface area (Å²) in [5, 5.41) is 3.43. The van der Waals surface area contributed by atoms with Crippen LogP contribution < -0.4 is 5.32 Å². The minimum absolute atomic E-state index is 1.14. The Bertz CT molecular complexity index is 325. The van der Waals surface area contributed by atoms with Crippen molar-refractivity contribution in [1.82, 2.24) is 5.32 Å². The monoisotopic (exact) mass is 201 g/mol.